The zero-order chi connectivity index (χ0) is 20.6. The van der Waals surface area contributed by atoms with E-state index in [0.29, 0.717) is 30.6 Å². The number of aryl methyl sites for hydroxylation is 3. The molecule has 4 rings (SSSR count). The van der Waals surface area contributed by atoms with Gasteiger partial charge in [-0.2, -0.15) is 0 Å². The SMILES string of the molecule is Cc1cc(CCc2c[nH]c3ccccc23)oc(=O)c1C(=O)NC1CCS(=O)(=O)C1. The fourth-order valence-corrected chi connectivity index (χ4v) is 5.51. The number of benzene rings is 1. The highest BCUT2D eigenvalue weighted by Gasteiger charge is 2.30. The molecule has 2 aromatic heterocycles. The van der Waals surface area contributed by atoms with Crippen LogP contribution in [0.15, 0.2) is 45.7 Å². The molecule has 0 aliphatic carbocycles. The zero-order valence-electron chi connectivity index (χ0n) is 16.0. The van der Waals surface area contributed by atoms with Crippen LogP contribution in [0.25, 0.3) is 10.9 Å². The second kappa shape index (κ2) is 7.51. The Balaban J connectivity index is 1.48. The standard InChI is InChI=1S/C21H22N2O5S/c1-13-10-16(7-6-14-11-22-18-5-3-2-4-17(14)18)28-21(25)19(13)20(24)23-15-8-9-29(26,27)12-15/h2-5,10-11,15,22H,6-9,12H2,1H3,(H,23,24). The van der Waals surface area contributed by atoms with Gasteiger partial charge < -0.3 is 14.7 Å². The van der Waals surface area contributed by atoms with Crippen molar-refractivity contribution in [2.75, 3.05) is 11.5 Å². The minimum atomic E-state index is -3.11. The Bertz CT molecular complexity index is 1240. The Morgan fingerprint density at radius 1 is 1.28 bits per heavy atom. The number of sulfone groups is 1. The van der Waals surface area contributed by atoms with Crippen molar-refractivity contribution < 1.29 is 17.6 Å². The molecule has 8 heteroatoms. The maximum atomic E-state index is 12.5. The first-order valence-corrected chi connectivity index (χ1v) is 11.3. The molecule has 1 aliphatic heterocycles. The van der Waals surface area contributed by atoms with Gasteiger partial charge in [0.15, 0.2) is 9.84 Å². The number of hydrogen-bond donors (Lipinski definition) is 2. The van der Waals surface area contributed by atoms with Crippen LogP contribution in [0.1, 0.15) is 33.7 Å². The maximum absolute atomic E-state index is 12.5. The van der Waals surface area contributed by atoms with Gasteiger partial charge in [-0.1, -0.05) is 18.2 Å². The molecule has 1 saturated heterocycles. The van der Waals surface area contributed by atoms with Crippen molar-refractivity contribution in [1.82, 2.24) is 10.3 Å². The monoisotopic (exact) mass is 414 g/mol. The van der Waals surface area contributed by atoms with Gasteiger partial charge in [0.2, 0.25) is 0 Å². The van der Waals surface area contributed by atoms with Gasteiger partial charge in [-0.15, -0.1) is 0 Å². The number of carbonyl (C=O) groups excluding carboxylic acids is 1. The Morgan fingerprint density at radius 2 is 2.07 bits per heavy atom. The zero-order valence-corrected chi connectivity index (χ0v) is 16.8. The summed E-state index contributed by atoms with van der Waals surface area (Å²) in [6, 6.07) is 9.23. The van der Waals surface area contributed by atoms with E-state index in [0.717, 1.165) is 16.5 Å². The molecule has 1 unspecified atom stereocenters. The molecule has 1 aromatic carbocycles. The quantitative estimate of drug-likeness (QED) is 0.665. The smallest absolute Gasteiger partial charge is 0.349 e. The molecule has 3 heterocycles. The first kappa shape index (κ1) is 19.4. The predicted octanol–water partition coefficient (Wildman–Crippen LogP) is 2.13. The average Bonchev–Trinajstić information content (AvgIpc) is 3.22. The Labute approximate surface area is 168 Å². The Morgan fingerprint density at radius 3 is 2.79 bits per heavy atom. The molecule has 1 amide bonds. The highest BCUT2D eigenvalue weighted by molar-refractivity contribution is 7.91. The van der Waals surface area contributed by atoms with E-state index in [-0.39, 0.29) is 17.1 Å². The van der Waals surface area contributed by atoms with E-state index >= 15 is 0 Å². The number of aromatic nitrogens is 1. The third kappa shape index (κ3) is 4.12. The molecule has 0 spiro atoms. The van der Waals surface area contributed by atoms with Crippen molar-refractivity contribution in [1.29, 1.82) is 0 Å². The molecule has 0 radical (unpaired) electrons. The lowest BCUT2D eigenvalue weighted by Gasteiger charge is -2.12. The summed E-state index contributed by atoms with van der Waals surface area (Å²) in [5.41, 5.74) is 1.95. The third-order valence-corrected chi connectivity index (χ3v) is 7.08. The molecular weight excluding hydrogens is 392 g/mol. The molecule has 0 bridgehead atoms. The van der Waals surface area contributed by atoms with Gasteiger partial charge in [-0.05, 0) is 43.0 Å². The number of para-hydroxylation sites is 1. The summed E-state index contributed by atoms with van der Waals surface area (Å²) in [6.07, 6.45) is 3.53. The van der Waals surface area contributed by atoms with E-state index in [1.165, 1.54) is 0 Å². The Kier molecular flexibility index (Phi) is 5.04. The second-order valence-corrected chi connectivity index (χ2v) is 9.72. The van der Waals surface area contributed by atoms with Crippen molar-refractivity contribution in [3.05, 3.63) is 69.4 Å². The Hall–Kier alpha value is -2.87. The van der Waals surface area contributed by atoms with Crippen molar-refractivity contribution in [2.24, 2.45) is 0 Å². The number of carbonyl (C=O) groups is 1. The molecule has 7 nitrogen and oxygen atoms in total. The van der Waals surface area contributed by atoms with Crippen LogP contribution >= 0.6 is 0 Å². The van der Waals surface area contributed by atoms with Gasteiger partial charge in [0.05, 0.1) is 11.5 Å². The van der Waals surface area contributed by atoms with Gasteiger partial charge >= 0.3 is 5.63 Å². The molecular formula is C21H22N2O5S. The predicted molar refractivity (Wildman–Crippen MR) is 110 cm³/mol. The molecule has 1 atom stereocenters. The van der Waals surface area contributed by atoms with Crippen LogP contribution in [0, 0.1) is 6.92 Å². The first-order chi connectivity index (χ1) is 13.8. The van der Waals surface area contributed by atoms with Gasteiger partial charge in [0.25, 0.3) is 5.91 Å². The molecule has 0 saturated carbocycles. The second-order valence-electron chi connectivity index (χ2n) is 7.49. The van der Waals surface area contributed by atoms with Crippen LogP contribution in [0.5, 0.6) is 0 Å². The van der Waals surface area contributed by atoms with Crippen LogP contribution in [0.4, 0.5) is 0 Å². The van der Waals surface area contributed by atoms with Crippen LogP contribution in [-0.2, 0) is 22.7 Å². The maximum Gasteiger partial charge on any atom is 0.349 e. The third-order valence-electron chi connectivity index (χ3n) is 5.31. The number of hydrogen-bond acceptors (Lipinski definition) is 5. The summed E-state index contributed by atoms with van der Waals surface area (Å²) in [5, 5.41) is 3.78. The van der Waals surface area contributed by atoms with E-state index in [4.69, 9.17) is 4.42 Å². The molecule has 1 fully saturated rings. The van der Waals surface area contributed by atoms with E-state index in [2.05, 4.69) is 10.3 Å². The van der Waals surface area contributed by atoms with Crippen molar-refractivity contribution >= 4 is 26.6 Å². The van der Waals surface area contributed by atoms with Gasteiger partial charge in [-0.25, -0.2) is 13.2 Å². The summed E-state index contributed by atoms with van der Waals surface area (Å²) >= 11 is 0. The van der Waals surface area contributed by atoms with Gasteiger partial charge in [0.1, 0.15) is 11.3 Å². The van der Waals surface area contributed by atoms with E-state index < -0.39 is 27.4 Å². The summed E-state index contributed by atoms with van der Waals surface area (Å²) in [7, 11) is -3.11. The van der Waals surface area contributed by atoms with Gasteiger partial charge in [-0.3, -0.25) is 4.79 Å². The highest BCUT2D eigenvalue weighted by Crippen LogP contribution is 2.20. The van der Waals surface area contributed by atoms with Crippen LogP contribution in [-0.4, -0.2) is 36.9 Å². The van der Waals surface area contributed by atoms with Crippen molar-refractivity contribution in [3.63, 3.8) is 0 Å². The normalized spacial score (nSPS) is 18.2. The summed E-state index contributed by atoms with van der Waals surface area (Å²) in [5.74, 6) is -0.108. The minimum Gasteiger partial charge on any atom is -0.427 e. The number of amides is 1. The number of H-pyrrole nitrogens is 1. The largest absolute Gasteiger partial charge is 0.427 e. The number of rotatable bonds is 5. The average molecular weight is 414 g/mol. The van der Waals surface area contributed by atoms with Crippen molar-refractivity contribution in [2.45, 2.75) is 32.2 Å². The number of nitrogens with one attached hydrogen (secondary N) is 2. The van der Waals surface area contributed by atoms with E-state index in [1.807, 2.05) is 30.5 Å². The molecule has 29 heavy (non-hydrogen) atoms. The number of fused-ring (bicyclic) bond motifs is 1. The lowest BCUT2D eigenvalue weighted by molar-refractivity contribution is 0.0936. The minimum absolute atomic E-state index is 0.0539. The van der Waals surface area contributed by atoms with E-state index in [1.54, 1.807) is 13.0 Å². The lowest BCUT2D eigenvalue weighted by atomic mass is 10.1. The summed E-state index contributed by atoms with van der Waals surface area (Å²) in [6.45, 7) is 1.69. The molecule has 2 N–H and O–H groups in total. The topological polar surface area (TPSA) is 109 Å². The summed E-state index contributed by atoms with van der Waals surface area (Å²) in [4.78, 5) is 28.1. The fourth-order valence-electron chi connectivity index (χ4n) is 3.83. The fraction of sp³-hybridized carbons (Fsp3) is 0.333. The van der Waals surface area contributed by atoms with E-state index in [9.17, 15) is 18.0 Å². The van der Waals surface area contributed by atoms with Crippen LogP contribution in [0.3, 0.4) is 0 Å². The van der Waals surface area contributed by atoms with Crippen molar-refractivity contribution in [3.8, 4) is 0 Å². The summed E-state index contributed by atoms with van der Waals surface area (Å²) < 4.78 is 28.5. The van der Waals surface area contributed by atoms with Crippen LogP contribution in [0.2, 0.25) is 0 Å². The highest BCUT2D eigenvalue weighted by atomic mass is 32.2. The van der Waals surface area contributed by atoms with Crippen LogP contribution < -0.4 is 10.9 Å². The molecule has 1 aliphatic rings. The first-order valence-electron chi connectivity index (χ1n) is 9.52. The molecule has 152 valence electrons. The number of aromatic amines is 1. The molecule has 3 aromatic rings. The lowest BCUT2D eigenvalue weighted by Crippen LogP contribution is -2.38. The van der Waals surface area contributed by atoms with Gasteiger partial charge in [0, 0.05) is 29.6 Å².